The predicted octanol–water partition coefficient (Wildman–Crippen LogP) is 2.48. The van der Waals surface area contributed by atoms with Gasteiger partial charge in [-0.15, -0.1) is 0 Å². The average molecular weight is 241 g/mol. The molecule has 1 aromatic rings. The summed E-state index contributed by atoms with van der Waals surface area (Å²) in [5, 5.41) is 2.74. The minimum absolute atomic E-state index is 0.207. The van der Waals surface area contributed by atoms with Gasteiger partial charge in [-0.2, -0.15) is 0 Å². The Balaban J connectivity index is 2.08. The Kier molecular flexibility index (Phi) is 3.62. The van der Waals surface area contributed by atoms with E-state index in [1.54, 1.807) is 7.11 Å². The highest BCUT2D eigenvalue weighted by atomic mass is 19.3. The molecule has 0 amide bonds. The number of piperidine rings is 1. The lowest BCUT2D eigenvalue weighted by atomic mass is 9.88. The summed E-state index contributed by atoms with van der Waals surface area (Å²) in [6.45, 7) is 0.464. The highest BCUT2D eigenvalue weighted by molar-refractivity contribution is 5.28. The van der Waals surface area contributed by atoms with Gasteiger partial charge in [-0.25, -0.2) is 8.78 Å². The second-order valence-electron chi connectivity index (χ2n) is 4.48. The molecule has 0 radical (unpaired) electrons. The Morgan fingerprint density at radius 2 is 2.29 bits per heavy atom. The van der Waals surface area contributed by atoms with Crippen LogP contribution in [0.2, 0.25) is 0 Å². The van der Waals surface area contributed by atoms with E-state index in [1.807, 2.05) is 24.3 Å². The van der Waals surface area contributed by atoms with Crippen LogP contribution >= 0.6 is 0 Å². The van der Waals surface area contributed by atoms with Crippen LogP contribution in [-0.2, 0) is 6.42 Å². The molecule has 1 fully saturated rings. The first-order valence-electron chi connectivity index (χ1n) is 5.83. The molecule has 0 aliphatic carbocycles. The van der Waals surface area contributed by atoms with E-state index >= 15 is 0 Å². The van der Waals surface area contributed by atoms with Crippen LogP contribution in [0, 0.1) is 5.92 Å². The van der Waals surface area contributed by atoms with Crippen molar-refractivity contribution in [3.8, 4) is 5.75 Å². The van der Waals surface area contributed by atoms with Crippen LogP contribution in [0.15, 0.2) is 24.3 Å². The summed E-state index contributed by atoms with van der Waals surface area (Å²) in [4.78, 5) is 0. The van der Waals surface area contributed by atoms with Crippen LogP contribution in [0.1, 0.15) is 12.0 Å². The van der Waals surface area contributed by atoms with E-state index in [-0.39, 0.29) is 6.54 Å². The molecule has 2 rings (SSSR count). The zero-order valence-corrected chi connectivity index (χ0v) is 9.88. The van der Waals surface area contributed by atoms with E-state index in [0.29, 0.717) is 19.4 Å². The van der Waals surface area contributed by atoms with Gasteiger partial charge >= 0.3 is 0 Å². The summed E-state index contributed by atoms with van der Waals surface area (Å²) in [5.74, 6) is -2.46. The molecule has 94 valence electrons. The summed E-state index contributed by atoms with van der Waals surface area (Å²) < 4.78 is 32.4. The Morgan fingerprint density at radius 1 is 1.47 bits per heavy atom. The molecule has 0 spiro atoms. The molecule has 1 N–H and O–H groups in total. The first kappa shape index (κ1) is 12.3. The number of halogens is 2. The third-order valence-electron chi connectivity index (χ3n) is 3.24. The first-order chi connectivity index (χ1) is 8.12. The molecule has 0 aromatic heterocycles. The van der Waals surface area contributed by atoms with Gasteiger partial charge in [0.15, 0.2) is 0 Å². The fourth-order valence-electron chi connectivity index (χ4n) is 2.22. The highest BCUT2D eigenvalue weighted by Crippen LogP contribution is 2.32. The van der Waals surface area contributed by atoms with Crippen molar-refractivity contribution < 1.29 is 13.5 Å². The number of hydrogen-bond donors (Lipinski definition) is 1. The topological polar surface area (TPSA) is 21.3 Å². The lowest BCUT2D eigenvalue weighted by Crippen LogP contribution is -2.46. The van der Waals surface area contributed by atoms with Crippen molar-refractivity contribution in [2.24, 2.45) is 5.92 Å². The van der Waals surface area contributed by atoms with Gasteiger partial charge < -0.3 is 10.1 Å². The van der Waals surface area contributed by atoms with Crippen molar-refractivity contribution in [2.45, 2.75) is 18.8 Å². The summed E-state index contributed by atoms with van der Waals surface area (Å²) in [7, 11) is 1.58. The minimum atomic E-state index is -2.61. The highest BCUT2D eigenvalue weighted by Gasteiger charge is 2.41. The van der Waals surface area contributed by atoms with Gasteiger partial charge in [0, 0.05) is 5.92 Å². The summed E-state index contributed by atoms with van der Waals surface area (Å²) in [5.41, 5.74) is 0.913. The number of rotatable bonds is 3. The third kappa shape index (κ3) is 2.94. The summed E-state index contributed by atoms with van der Waals surface area (Å²) in [6.07, 6.45) is 0.927. The molecule has 1 aromatic carbocycles. The number of benzene rings is 1. The first-order valence-corrected chi connectivity index (χ1v) is 5.83. The molecule has 1 unspecified atom stereocenters. The standard InChI is InChI=1S/C13H17F2NO/c1-17-12-4-2-3-10(8-12)7-11-5-6-16-9-13(11,14)15/h2-4,8,11,16H,5-7,9H2,1H3. The monoisotopic (exact) mass is 241 g/mol. The third-order valence-corrected chi connectivity index (χ3v) is 3.24. The molecule has 1 atom stereocenters. The normalized spacial score (nSPS) is 23.4. The maximum Gasteiger partial charge on any atom is 0.263 e. The molecule has 1 aliphatic heterocycles. The van der Waals surface area contributed by atoms with Gasteiger partial charge in [-0.05, 0) is 37.1 Å². The second-order valence-corrected chi connectivity index (χ2v) is 4.48. The summed E-state index contributed by atoms with van der Waals surface area (Å²) in [6, 6.07) is 7.37. The van der Waals surface area contributed by atoms with Crippen molar-refractivity contribution in [2.75, 3.05) is 20.2 Å². The molecular formula is C13H17F2NO. The van der Waals surface area contributed by atoms with Crippen LogP contribution in [-0.4, -0.2) is 26.1 Å². The maximum atomic E-state index is 13.6. The molecule has 4 heteroatoms. The summed E-state index contributed by atoms with van der Waals surface area (Å²) >= 11 is 0. The fraction of sp³-hybridized carbons (Fsp3) is 0.538. The largest absolute Gasteiger partial charge is 0.497 e. The van der Waals surface area contributed by atoms with Gasteiger partial charge in [-0.3, -0.25) is 0 Å². The fourth-order valence-corrected chi connectivity index (χ4v) is 2.22. The van der Waals surface area contributed by atoms with Crippen molar-refractivity contribution >= 4 is 0 Å². The zero-order chi connectivity index (χ0) is 12.3. The SMILES string of the molecule is COc1cccc(CC2CCNCC2(F)F)c1. The van der Waals surface area contributed by atoms with E-state index in [0.717, 1.165) is 11.3 Å². The number of alkyl halides is 2. The van der Waals surface area contributed by atoms with Crippen LogP contribution in [0.4, 0.5) is 8.78 Å². The van der Waals surface area contributed by atoms with Gasteiger partial charge in [-0.1, -0.05) is 12.1 Å². The van der Waals surface area contributed by atoms with E-state index in [4.69, 9.17) is 4.74 Å². The molecule has 0 saturated carbocycles. The molecule has 1 heterocycles. The van der Waals surface area contributed by atoms with Gasteiger partial charge in [0.25, 0.3) is 5.92 Å². The Labute approximate surface area is 100.0 Å². The molecular weight excluding hydrogens is 224 g/mol. The minimum Gasteiger partial charge on any atom is -0.497 e. The predicted molar refractivity (Wildman–Crippen MR) is 62.6 cm³/mol. The molecule has 17 heavy (non-hydrogen) atoms. The van der Waals surface area contributed by atoms with E-state index in [1.165, 1.54) is 0 Å². The second kappa shape index (κ2) is 5.00. The molecule has 1 saturated heterocycles. The van der Waals surface area contributed by atoms with Crippen molar-refractivity contribution in [3.63, 3.8) is 0 Å². The maximum absolute atomic E-state index is 13.6. The Morgan fingerprint density at radius 3 is 3.00 bits per heavy atom. The smallest absolute Gasteiger partial charge is 0.263 e. The van der Waals surface area contributed by atoms with Crippen LogP contribution in [0.25, 0.3) is 0 Å². The van der Waals surface area contributed by atoms with Crippen LogP contribution in [0.5, 0.6) is 5.75 Å². The van der Waals surface area contributed by atoms with Crippen molar-refractivity contribution in [3.05, 3.63) is 29.8 Å². The van der Waals surface area contributed by atoms with E-state index in [2.05, 4.69) is 5.32 Å². The molecule has 2 nitrogen and oxygen atoms in total. The van der Waals surface area contributed by atoms with Gasteiger partial charge in [0.2, 0.25) is 0 Å². The van der Waals surface area contributed by atoms with Gasteiger partial charge in [0.1, 0.15) is 5.75 Å². The molecule has 0 bridgehead atoms. The molecule has 1 aliphatic rings. The lowest BCUT2D eigenvalue weighted by Gasteiger charge is -2.32. The van der Waals surface area contributed by atoms with Gasteiger partial charge in [0.05, 0.1) is 13.7 Å². The quantitative estimate of drug-likeness (QED) is 0.877. The van der Waals surface area contributed by atoms with Crippen molar-refractivity contribution in [1.82, 2.24) is 5.32 Å². The zero-order valence-electron chi connectivity index (χ0n) is 9.88. The lowest BCUT2D eigenvalue weighted by molar-refractivity contribution is -0.0727. The van der Waals surface area contributed by atoms with E-state index in [9.17, 15) is 8.78 Å². The Bertz CT molecular complexity index is 381. The average Bonchev–Trinajstić information content (AvgIpc) is 2.32. The van der Waals surface area contributed by atoms with Crippen LogP contribution in [0.3, 0.4) is 0 Å². The Hall–Kier alpha value is -1.16. The number of nitrogens with one attached hydrogen (secondary N) is 1. The number of methoxy groups -OCH3 is 1. The van der Waals surface area contributed by atoms with Crippen LogP contribution < -0.4 is 10.1 Å². The van der Waals surface area contributed by atoms with E-state index < -0.39 is 11.8 Å². The number of ether oxygens (including phenoxy) is 1. The van der Waals surface area contributed by atoms with Crippen molar-refractivity contribution in [1.29, 1.82) is 0 Å². The number of hydrogen-bond acceptors (Lipinski definition) is 2.